The molecule has 0 heterocycles. The van der Waals surface area contributed by atoms with Gasteiger partial charge in [0, 0.05) is 10.5 Å². The highest BCUT2D eigenvalue weighted by Crippen LogP contribution is 2.26. The molecule has 108 valence electrons. The number of anilines is 1. The van der Waals surface area contributed by atoms with Gasteiger partial charge in [0.15, 0.2) is 0 Å². The van der Waals surface area contributed by atoms with Crippen LogP contribution in [0.3, 0.4) is 0 Å². The van der Waals surface area contributed by atoms with E-state index >= 15 is 0 Å². The van der Waals surface area contributed by atoms with Gasteiger partial charge in [-0.15, -0.1) is 0 Å². The lowest BCUT2D eigenvalue weighted by Gasteiger charge is -2.09. The second-order valence-electron chi connectivity index (χ2n) is 4.29. The van der Waals surface area contributed by atoms with Crippen LogP contribution in [-0.2, 0) is 0 Å². The van der Waals surface area contributed by atoms with Gasteiger partial charge in [0.2, 0.25) is 0 Å². The molecule has 0 aromatic heterocycles. The molecule has 1 N–H and O–H groups in total. The quantitative estimate of drug-likeness (QED) is 0.668. The molecule has 0 bridgehead atoms. The van der Waals surface area contributed by atoms with Crippen LogP contribution in [0.15, 0.2) is 40.9 Å². The van der Waals surface area contributed by atoms with E-state index in [0.717, 1.165) is 6.07 Å². The summed E-state index contributed by atoms with van der Waals surface area (Å²) in [6.07, 6.45) is 0. The maximum absolute atomic E-state index is 13.2. The molecule has 0 aliphatic rings. The van der Waals surface area contributed by atoms with Crippen LogP contribution in [0.1, 0.15) is 15.9 Å². The molecule has 7 heteroatoms. The van der Waals surface area contributed by atoms with Gasteiger partial charge in [0.25, 0.3) is 11.6 Å². The average molecular weight is 353 g/mol. The van der Waals surface area contributed by atoms with E-state index in [1.54, 1.807) is 6.07 Å². The van der Waals surface area contributed by atoms with Gasteiger partial charge >= 0.3 is 0 Å². The first-order valence-corrected chi connectivity index (χ1v) is 6.70. The van der Waals surface area contributed by atoms with E-state index in [0.29, 0.717) is 15.7 Å². The molecule has 2 rings (SSSR count). The molecule has 0 fully saturated rings. The molecular formula is C14H10BrFN2O3. The Morgan fingerprint density at radius 3 is 2.71 bits per heavy atom. The normalized spacial score (nSPS) is 10.2. The zero-order chi connectivity index (χ0) is 15.6. The molecule has 0 unspecified atom stereocenters. The van der Waals surface area contributed by atoms with Crippen LogP contribution in [-0.4, -0.2) is 10.8 Å². The molecular weight excluding hydrogens is 343 g/mol. The molecule has 0 atom stereocenters. The SMILES string of the molecule is Cc1c(NC(=O)c2cc(F)ccc2Br)cccc1[N+](=O)[O-]. The number of benzene rings is 2. The smallest absolute Gasteiger partial charge is 0.274 e. The second-order valence-corrected chi connectivity index (χ2v) is 5.14. The summed E-state index contributed by atoms with van der Waals surface area (Å²) < 4.78 is 13.6. The van der Waals surface area contributed by atoms with Gasteiger partial charge in [0.1, 0.15) is 5.82 Å². The Bertz CT molecular complexity index is 734. The average Bonchev–Trinajstić information content (AvgIpc) is 2.43. The van der Waals surface area contributed by atoms with Gasteiger partial charge in [-0.25, -0.2) is 4.39 Å². The predicted octanol–water partition coefficient (Wildman–Crippen LogP) is 4.06. The molecule has 0 spiro atoms. The first-order chi connectivity index (χ1) is 9.90. The summed E-state index contributed by atoms with van der Waals surface area (Å²) in [4.78, 5) is 22.5. The molecule has 2 aromatic rings. The summed E-state index contributed by atoms with van der Waals surface area (Å²) in [5.41, 5.74) is 0.667. The Morgan fingerprint density at radius 1 is 1.33 bits per heavy atom. The largest absolute Gasteiger partial charge is 0.321 e. The van der Waals surface area contributed by atoms with E-state index in [2.05, 4.69) is 21.2 Å². The van der Waals surface area contributed by atoms with E-state index in [4.69, 9.17) is 0 Å². The van der Waals surface area contributed by atoms with Crippen molar-refractivity contribution in [3.8, 4) is 0 Å². The van der Waals surface area contributed by atoms with Gasteiger partial charge in [-0.2, -0.15) is 0 Å². The van der Waals surface area contributed by atoms with Crippen molar-refractivity contribution in [1.82, 2.24) is 0 Å². The van der Waals surface area contributed by atoms with Crippen LogP contribution in [0, 0.1) is 22.9 Å². The van der Waals surface area contributed by atoms with E-state index in [1.807, 2.05) is 0 Å². The topological polar surface area (TPSA) is 72.2 Å². The first kappa shape index (κ1) is 15.1. The number of hydrogen-bond acceptors (Lipinski definition) is 3. The minimum absolute atomic E-state index is 0.0916. The third kappa shape index (κ3) is 3.25. The summed E-state index contributed by atoms with van der Waals surface area (Å²) in [7, 11) is 0. The predicted molar refractivity (Wildman–Crippen MR) is 79.9 cm³/mol. The molecule has 0 aliphatic carbocycles. The molecule has 0 radical (unpaired) electrons. The van der Waals surface area contributed by atoms with Crippen LogP contribution in [0.5, 0.6) is 0 Å². The zero-order valence-corrected chi connectivity index (χ0v) is 12.5. The summed E-state index contributed by atoms with van der Waals surface area (Å²) in [5.74, 6) is -1.09. The number of amides is 1. The van der Waals surface area contributed by atoms with Gasteiger partial charge in [-0.05, 0) is 47.1 Å². The van der Waals surface area contributed by atoms with Crippen LogP contribution in [0.25, 0.3) is 0 Å². The fourth-order valence-electron chi connectivity index (χ4n) is 1.82. The van der Waals surface area contributed by atoms with Crippen molar-refractivity contribution in [1.29, 1.82) is 0 Å². The zero-order valence-electron chi connectivity index (χ0n) is 10.9. The number of halogens is 2. The third-order valence-corrected chi connectivity index (χ3v) is 3.61. The molecule has 0 aliphatic heterocycles. The Balaban J connectivity index is 2.34. The summed E-state index contributed by atoms with van der Waals surface area (Å²) in [6.45, 7) is 1.54. The van der Waals surface area contributed by atoms with Crippen molar-refractivity contribution in [3.63, 3.8) is 0 Å². The lowest BCUT2D eigenvalue weighted by atomic mass is 10.1. The number of carbonyl (C=O) groups excluding carboxylic acids is 1. The van der Waals surface area contributed by atoms with Gasteiger partial charge in [0.05, 0.1) is 21.7 Å². The van der Waals surface area contributed by atoms with Crippen molar-refractivity contribution >= 4 is 33.2 Å². The van der Waals surface area contributed by atoms with E-state index in [-0.39, 0.29) is 11.3 Å². The standard InChI is InChI=1S/C14H10BrFN2O3/c1-8-12(3-2-4-13(8)18(20)21)17-14(19)10-7-9(16)5-6-11(10)15/h2-7H,1H3,(H,17,19). The number of nitro groups is 1. The molecule has 1 amide bonds. The Kier molecular flexibility index (Phi) is 4.32. The lowest BCUT2D eigenvalue weighted by Crippen LogP contribution is -2.14. The molecule has 5 nitrogen and oxygen atoms in total. The Labute approximate surface area is 128 Å². The molecule has 0 saturated heterocycles. The van der Waals surface area contributed by atoms with Crippen LogP contribution in [0.4, 0.5) is 15.8 Å². The number of hydrogen-bond donors (Lipinski definition) is 1. The summed E-state index contributed by atoms with van der Waals surface area (Å²) >= 11 is 3.16. The number of carbonyl (C=O) groups is 1. The fourth-order valence-corrected chi connectivity index (χ4v) is 2.24. The van der Waals surface area contributed by atoms with Crippen LogP contribution >= 0.6 is 15.9 Å². The van der Waals surface area contributed by atoms with E-state index in [9.17, 15) is 19.3 Å². The van der Waals surface area contributed by atoms with Crippen LogP contribution < -0.4 is 5.32 Å². The molecule has 2 aromatic carbocycles. The van der Waals surface area contributed by atoms with E-state index in [1.165, 1.54) is 31.2 Å². The molecule has 21 heavy (non-hydrogen) atoms. The maximum Gasteiger partial charge on any atom is 0.274 e. The number of nitro benzene ring substituents is 1. The monoisotopic (exact) mass is 352 g/mol. The van der Waals surface area contributed by atoms with Crippen molar-refractivity contribution in [2.24, 2.45) is 0 Å². The summed E-state index contributed by atoms with van der Waals surface area (Å²) in [5, 5.41) is 13.4. The minimum Gasteiger partial charge on any atom is -0.321 e. The first-order valence-electron chi connectivity index (χ1n) is 5.90. The van der Waals surface area contributed by atoms with Crippen molar-refractivity contribution < 1.29 is 14.1 Å². The van der Waals surface area contributed by atoms with Gasteiger partial charge < -0.3 is 5.32 Å². The molecule has 0 saturated carbocycles. The highest BCUT2D eigenvalue weighted by atomic mass is 79.9. The highest BCUT2D eigenvalue weighted by molar-refractivity contribution is 9.10. The van der Waals surface area contributed by atoms with Gasteiger partial charge in [-0.3, -0.25) is 14.9 Å². The fraction of sp³-hybridized carbons (Fsp3) is 0.0714. The third-order valence-electron chi connectivity index (χ3n) is 2.92. The van der Waals surface area contributed by atoms with Crippen molar-refractivity contribution in [3.05, 3.63) is 67.9 Å². The highest BCUT2D eigenvalue weighted by Gasteiger charge is 2.17. The minimum atomic E-state index is -0.551. The number of rotatable bonds is 3. The van der Waals surface area contributed by atoms with Crippen molar-refractivity contribution in [2.75, 3.05) is 5.32 Å². The van der Waals surface area contributed by atoms with Crippen molar-refractivity contribution in [2.45, 2.75) is 6.92 Å². The van der Waals surface area contributed by atoms with Crippen LogP contribution in [0.2, 0.25) is 0 Å². The lowest BCUT2D eigenvalue weighted by molar-refractivity contribution is -0.385. The second kappa shape index (κ2) is 6.01. The van der Waals surface area contributed by atoms with Gasteiger partial charge in [-0.1, -0.05) is 6.07 Å². The Morgan fingerprint density at radius 2 is 2.05 bits per heavy atom. The Hall–Kier alpha value is -2.28. The summed E-state index contributed by atoms with van der Waals surface area (Å²) in [6, 6.07) is 8.11. The number of nitrogens with one attached hydrogen (secondary N) is 1. The number of nitrogens with zero attached hydrogens (tertiary/aromatic N) is 1. The van der Waals surface area contributed by atoms with E-state index < -0.39 is 16.6 Å². The maximum atomic E-state index is 13.2.